The van der Waals surface area contributed by atoms with Crippen LogP contribution in [-0.2, 0) is 19.1 Å². The molecule has 0 aliphatic carbocycles. The first-order valence-electron chi connectivity index (χ1n) is 4.01. The molecule has 5 nitrogen and oxygen atoms in total. The number of carboxylic acid groups (broad SMARTS) is 1. The normalized spacial score (nSPS) is 12.2. The van der Waals surface area contributed by atoms with Crippen molar-refractivity contribution in [2.24, 2.45) is 5.92 Å². The van der Waals surface area contributed by atoms with E-state index in [1.807, 2.05) is 0 Å². The lowest BCUT2D eigenvalue weighted by molar-refractivity contribution is -0.157. The van der Waals surface area contributed by atoms with Crippen LogP contribution in [0.5, 0.6) is 0 Å². The van der Waals surface area contributed by atoms with E-state index in [9.17, 15) is 9.59 Å². The third-order valence-corrected chi connectivity index (χ3v) is 1.54. The van der Waals surface area contributed by atoms with Gasteiger partial charge in [-0.25, -0.2) is 0 Å². The Kier molecular flexibility index (Phi) is 5.88. The van der Waals surface area contributed by atoms with E-state index in [2.05, 4.69) is 4.74 Å². The minimum absolute atomic E-state index is 0.149. The first-order chi connectivity index (χ1) is 6.13. The van der Waals surface area contributed by atoms with Gasteiger partial charge in [-0.1, -0.05) is 0 Å². The molecule has 0 aromatic rings. The molecule has 0 amide bonds. The molecule has 0 aliphatic heterocycles. The van der Waals surface area contributed by atoms with Crippen molar-refractivity contribution in [2.75, 3.05) is 20.3 Å². The maximum atomic E-state index is 10.9. The van der Waals surface area contributed by atoms with E-state index in [1.54, 1.807) is 6.92 Å². The number of esters is 1. The van der Waals surface area contributed by atoms with Gasteiger partial charge in [0.05, 0.1) is 7.11 Å². The zero-order valence-corrected chi connectivity index (χ0v) is 7.78. The van der Waals surface area contributed by atoms with E-state index >= 15 is 0 Å². The molecule has 5 heteroatoms. The quantitative estimate of drug-likeness (QED) is 0.370. The standard InChI is InChI=1S/C8H14O5/c1-3-13-5-4-6(7(9)10)8(11)12-2/h6H,3-5H2,1-2H3,(H,9,10). The molecule has 0 spiro atoms. The molecule has 1 N–H and O–H groups in total. The van der Waals surface area contributed by atoms with Crippen molar-refractivity contribution in [3.05, 3.63) is 0 Å². The van der Waals surface area contributed by atoms with Crippen LogP contribution in [0.1, 0.15) is 13.3 Å². The van der Waals surface area contributed by atoms with Crippen molar-refractivity contribution in [1.82, 2.24) is 0 Å². The van der Waals surface area contributed by atoms with Crippen molar-refractivity contribution in [3.63, 3.8) is 0 Å². The molecule has 0 heterocycles. The van der Waals surface area contributed by atoms with Crippen LogP contribution in [0.4, 0.5) is 0 Å². The van der Waals surface area contributed by atoms with Crippen LogP contribution in [0.25, 0.3) is 0 Å². The number of carbonyl (C=O) groups excluding carboxylic acids is 1. The van der Waals surface area contributed by atoms with Gasteiger partial charge >= 0.3 is 11.9 Å². The molecule has 0 rings (SSSR count). The lowest BCUT2D eigenvalue weighted by Gasteiger charge is -2.09. The van der Waals surface area contributed by atoms with Gasteiger partial charge in [-0.15, -0.1) is 0 Å². The fourth-order valence-electron chi connectivity index (χ4n) is 0.830. The van der Waals surface area contributed by atoms with Gasteiger partial charge in [-0.2, -0.15) is 0 Å². The van der Waals surface area contributed by atoms with Crippen LogP contribution >= 0.6 is 0 Å². The number of ether oxygens (including phenoxy) is 2. The maximum Gasteiger partial charge on any atom is 0.320 e. The number of hydrogen-bond donors (Lipinski definition) is 1. The van der Waals surface area contributed by atoms with E-state index in [1.165, 1.54) is 7.11 Å². The summed E-state index contributed by atoms with van der Waals surface area (Å²) in [5.74, 6) is -3.02. The van der Waals surface area contributed by atoms with Crippen molar-refractivity contribution in [3.8, 4) is 0 Å². The predicted molar refractivity (Wildman–Crippen MR) is 44.3 cm³/mol. The monoisotopic (exact) mass is 190 g/mol. The molecule has 76 valence electrons. The highest BCUT2D eigenvalue weighted by Gasteiger charge is 2.26. The van der Waals surface area contributed by atoms with Gasteiger partial charge in [-0.05, 0) is 13.3 Å². The van der Waals surface area contributed by atoms with Crippen LogP contribution in [0.2, 0.25) is 0 Å². The molecule has 0 aromatic heterocycles. The number of aliphatic carboxylic acids is 1. The fourth-order valence-corrected chi connectivity index (χ4v) is 0.830. The molecule has 0 aromatic carbocycles. The topological polar surface area (TPSA) is 72.8 Å². The summed E-state index contributed by atoms with van der Waals surface area (Å²) >= 11 is 0. The first-order valence-corrected chi connectivity index (χ1v) is 4.01. The maximum absolute atomic E-state index is 10.9. The smallest absolute Gasteiger partial charge is 0.320 e. The highest BCUT2D eigenvalue weighted by molar-refractivity contribution is 5.93. The summed E-state index contributed by atoms with van der Waals surface area (Å²) in [6, 6.07) is 0. The van der Waals surface area contributed by atoms with Crippen LogP contribution in [0.15, 0.2) is 0 Å². The van der Waals surface area contributed by atoms with Gasteiger partial charge < -0.3 is 14.6 Å². The van der Waals surface area contributed by atoms with Gasteiger partial charge in [0.1, 0.15) is 0 Å². The Hall–Kier alpha value is -1.10. The van der Waals surface area contributed by atoms with Gasteiger partial charge in [0.25, 0.3) is 0 Å². The molecule has 0 radical (unpaired) electrons. The Balaban J connectivity index is 3.95. The van der Waals surface area contributed by atoms with Crippen LogP contribution < -0.4 is 0 Å². The Bertz CT molecular complexity index is 177. The fraction of sp³-hybridized carbons (Fsp3) is 0.750. The molecule has 13 heavy (non-hydrogen) atoms. The molecule has 1 unspecified atom stereocenters. The molecule has 0 saturated heterocycles. The molecular formula is C8H14O5. The van der Waals surface area contributed by atoms with Gasteiger partial charge in [-0.3, -0.25) is 9.59 Å². The third-order valence-electron chi connectivity index (χ3n) is 1.54. The molecule has 1 atom stereocenters. The average Bonchev–Trinajstić information content (AvgIpc) is 2.11. The van der Waals surface area contributed by atoms with Gasteiger partial charge in [0, 0.05) is 13.2 Å². The van der Waals surface area contributed by atoms with Crippen LogP contribution in [-0.4, -0.2) is 37.4 Å². The second-order valence-corrected chi connectivity index (χ2v) is 2.40. The van der Waals surface area contributed by atoms with Crippen LogP contribution in [0.3, 0.4) is 0 Å². The highest BCUT2D eigenvalue weighted by atomic mass is 16.5. The molecular weight excluding hydrogens is 176 g/mol. The highest BCUT2D eigenvalue weighted by Crippen LogP contribution is 2.05. The average molecular weight is 190 g/mol. The summed E-state index contributed by atoms with van der Waals surface area (Å²) in [5, 5.41) is 8.62. The second kappa shape index (κ2) is 6.42. The minimum Gasteiger partial charge on any atom is -0.481 e. The summed E-state index contributed by atoms with van der Waals surface area (Å²) in [4.78, 5) is 21.4. The Morgan fingerprint density at radius 3 is 2.46 bits per heavy atom. The first kappa shape index (κ1) is 11.9. The molecule has 0 bridgehead atoms. The van der Waals surface area contributed by atoms with Crippen LogP contribution in [0, 0.1) is 5.92 Å². The minimum atomic E-state index is -1.17. The number of rotatable bonds is 6. The Morgan fingerprint density at radius 2 is 2.08 bits per heavy atom. The predicted octanol–water partition coefficient (Wildman–Crippen LogP) is 0.287. The SMILES string of the molecule is CCOCCC(C(=O)O)C(=O)OC. The van der Waals surface area contributed by atoms with Crippen molar-refractivity contribution >= 4 is 11.9 Å². The molecule has 0 fully saturated rings. The van der Waals surface area contributed by atoms with E-state index in [0.717, 1.165) is 0 Å². The van der Waals surface area contributed by atoms with E-state index < -0.39 is 17.9 Å². The van der Waals surface area contributed by atoms with Crippen molar-refractivity contribution < 1.29 is 24.2 Å². The Labute approximate surface area is 76.6 Å². The lowest BCUT2D eigenvalue weighted by atomic mass is 10.1. The summed E-state index contributed by atoms with van der Waals surface area (Å²) in [6.45, 7) is 2.56. The van der Waals surface area contributed by atoms with E-state index in [-0.39, 0.29) is 13.0 Å². The van der Waals surface area contributed by atoms with Crippen molar-refractivity contribution in [2.45, 2.75) is 13.3 Å². The number of carbonyl (C=O) groups is 2. The number of methoxy groups -OCH3 is 1. The zero-order valence-electron chi connectivity index (χ0n) is 7.78. The number of hydrogen-bond acceptors (Lipinski definition) is 4. The second-order valence-electron chi connectivity index (χ2n) is 2.40. The number of carboxylic acids is 1. The van der Waals surface area contributed by atoms with Gasteiger partial charge in [0.2, 0.25) is 0 Å². The summed E-state index contributed by atoms with van der Waals surface area (Å²) in [6.07, 6.45) is 0.149. The van der Waals surface area contributed by atoms with E-state index in [4.69, 9.17) is 9.84 Å². The summed E-state index contributed by atoms with van der Waals surface area (Å²) in [7, 11) is 1.17. The van der Waals surface area contributed by atoms with E-state index in [0.29, 0.717) is 6.61 Å². The molecule has 0 aliphatic rings. The Morgan fingerprint density at radius 1 is 1.46 bits per heavy atom. The largest absolute Gasteiger partial charge is 0.481 e. The zero-order chi connectivity index (χ0) is 10.3. The third kappa shape index (κ3) is 4.47. The molecule has 0 saturated carbocycles. The summed E-state index contributed by atoms with van der Waals surface area (Å²) in [5.41, 5.74) is 0. The van der Waals surface area contributed by atoms with Gasteiger partial charge in [0.15, 0.2) is 5.92 Å². The lowest BCUT2D eigenvalue weighted by Crippen LogP contribution is -2.26. The summed E-state index contributed by atoms with van der Waals surface area (Å²) < 4.78 is 9.27. The van der Waals surface area contributed by atoms with Crippen molar-refractivity contribution in [1.29, 1.82) is 0 Å².